The third kappa shape index (κ3) is 1.78. The zero-order chi connectivity index (χ0) is 11.0. The Morgan fingerprint density at radius 1 is 1.25 bits per heavy atom. The Morgan fingerprint density at radius 2 is 2.00 bits per heavy atom. The molecule has 1 saturated carbocycles. The van der Waals surface area contributed by atoms with Crippen molar-refractivity contribution in [2.24, 2.45) is 0 Å². The van der Waals surface area contributed by atoms with Gasteiger partial charge in [0, 0.05) is 10.1 Å². The van der Waals surface area contributed by atoms with Gasteiger partial charge in [-0.15, -0.1) is 11.8 Å². The maximum Gasteiger partial charge on any atom is 0.0808 e. The summed E-state index contributed by atoms with van der Waals surface area (Å²) in [5.41, 5.74) is 0.222. The fourth-order valence-corrected chi connectivity index (χ4v) is 4.34. The van der Waals surface area contributed by atoms with Gasteiger partial charge in [-0.25, -0.2) is 0 Å². The molecule has 2 fully saturated rings. The summed E-state index contributed by atoms with van der Waals surface area (Å²) in [6, 6.07) is 10.7. The van der Waals surface area contributed by atoms with Gasteiger partial charge in [-0.3, -0.25) is 0 Å². The molecule has 1 nitrogen and oxygen atoms in total. The van der Waals surface area contributed by atoms with Gasteiger partial charge in [0.15, 0.2) is 0 Å². The van der Waals surface area contributed by atoms with Gasteiger partial charge < -0.3 is 4.74 Å². The Hall–Kier alpha value is -0.470. The summed E-state index contributed by atoms with van der Waals surface area (Å²) in [5.74, 6) is 0. The van der Waals surface area contributed by atoms with Crippen LogP contribution in [0.15, 0.2) is 35.2 Å². The third-order valence-corrected chi connectivity index (χ3v) is 5.24. The van der Waals surface area contributed by atoms with E-state index in [0.29, 0.717) is 11.4 Å². The molecule has 3 rings (SSSR count). The van der Waals surface area contributed by atoms with Crippen LogP contribution in [0.5, 0.6) is 0 Å². The first-order chi connectivity index (χ1) is 7.78. The van der Waals surface area contributed by atoms with Crippen molar-refractivity contribution in [1.29, 1.82) is 0 Å². The van der Waals surface area contributed by atoms with Crippen LogP contribution in [0.4, 0.5) is 0 Å². The summed E-state index contributed by atoms with van der Waals surface area (Å²) in [6.45, 7) is 2.21. The lowest BCUT2D eigenvalue weighted by Crippen LogP contribution is -2.44. The number of ether oxygens (including phenoxy) is 1. The van der Waals surface area contributed by atoms with Crippen LogP contribution in [0.2, 0.25) is 0 Å². The molecule has 0 unspecified atom stereocenters. The number of hydrogen-bond donors (Lipinski definition) is 0. The van der Waals surface area contributed by atoms with Gasteiger partial charge in [0.1, 0.15) is 0 Å². The highest BCUT2D eigenvalue weighted by molar-refractivity contribution is 8.00. The van der Waals surface area contributed by atoms with Gasteiger partial charge in [0.2, 0.25) is 0 Å². The van der Waals surface area contributed by atoms with E-state index in [9.17, 15) is 0 Å². The minimum absolute atomic E-state index is 0.222. The van der Waals surface area contributed by atoms with E-state index in [4.69, 9.17) is 4.74 Å². The molecule has 0 aromatic heterocycles. The molecule has 1 aromatic carbocycles. The minimum atomic E-state index is 0.222. The molecule has 0 amide bonds. The van der Waals surface area contributed by atoms with Gasteiger partial charge in [0.25, 0.3) is 0 Å². The van der Waals surface area contributed by atoms with E-state index in [1.807, 2.05) is 11.8 Å². The normalized spacial score (nSPS) is 31.6. The Bertz CT molecular complexity index is 358. The van der Waals surface area contributed by atoms with Crippen molar-refractivity contribution in [3.8, 4) is 0 Å². The first kappa shape index (κ1) is 10.7. The highest BCUT2D eigenvalue weighted by Gasteiger charge is 2.51. The SMILES string of the molecule is C[C@H]1C[C@H](Sc2ccccc2)C2(CCC2)O1. The average molecular weight is 234 g/mol. The summed E-state index contributed by atoms with van der Waals surface area (Å²) in [4.78, 5) is 1.39. The van der Waals surface area contributed by atoms with Gasteiger partial charge in [0.05, 0.1) is 11.7 Å². The fourth-order valence-electron chi connectivity index (χ4n) is 2.82. The summed E-state index contributed by atoms with van der Waals surface area (Å²) in [6.07, 6.45) is 5.53. The summed E-state index contributed by atoms with van der Waals surface area (Å²) in [7, 11) is 0. The van der Waals surface area contributed by atoms with Crippen LogP contribution in [0, 0.1) is 0 Å². The van der Waals surface area contributed by atoms with E-state index in [2.05, 4.69) is 37.3 Å². The lowest BCUT2D eigenvalue weighted by atomic mass is 9.78. The largest absolute Gasteiger partial charge is 0.371 e. The molecule has 86 valence electrons. The predicted octanol–water partition coefficient (Wildman–Crippen LogP) is 3.88. The van der Waals surface area contributed by atoms with Crippen molar-refractivity contribution in [2.75, 3.05) is 0 Å². The molecule has 0 bridgehead atoms. The first-order valence-electron chi connectivity index (χ1n) is 6.18. The number of thioether (sulfide) groups is 1. The highest BCUT2D eigenvalue weighted by Crippen LogP contribution is 2.51. The molecule has 1 heterocycles. The van der Waals surface area contributed by atoms with E-state index in [0.717, 1.165) is 0 Å². The van der Waals surface area contributed by atoms with Crippen LogP contribution in [0.25, 0.3) is 0 Å². The van der Waals surface area contributed by atoms with E-state index >= 15 is 0 Å². The number of hydrogen-bond acceptors (Lipinski definition) is 2. The maximum atomic E-state index is 6.15. The van der Waals surface area contributed by atoms with E-state index in [-0.39, 0.29) is 5.60 Å². The third-order valence-electron chi connectivity index (χ3n) is 3.79. The number of benzene rings is 1. The summed E-state index contributed by atoms with van der Waals surface area (Å²) in [5, 5.41) is 0.665. The van der Waals surface area contributed by atoms with Crippen LogP contribution in [0.1, 0.15) is 32.6 Å². The molecule has 2 atom stereocenters. The van der Waals surface area contributed by atoms with Crippen LogP contribution in [0.3, 0.4) is 0 Å². The zero-order valence-electron chi connectivity index (χ0n) is 9.69. The predicted molar refractivity (Wildman–Crippen MR) is 67.8 cm³/mol. The molecule has 1 saturated heterocycles. The highest BCUT2D eigenvalue weighted by atomic mass is 32.2. The fraction of sp³-hybridized carbons (Fsp3) is 0.571. The summed E-state index contributed by atoms with van der Waals surface area (Å²) >= 11 is 2.01. The quantitative estimate of drug-likeness (QED) is 0.768. The van der Waals surface area contributed by atoms with Crippen molar-refractivity contribution in [1.82, 2.24) is 0 Å². The summed E-state index contributed by atoms with van der Waals surface area (Å²) < 4.78 is 6.15. The lowest BCUT2D eigenvalue weighted by Gasteiger charge is -2.42. The molecule has 2 heteroatoms. The van der Waals surface area contributed by atoms with Gasteiger partial charge >= 0.3 is 0 Å². The Balaban J connectivity index is 1.75. The van der Waals surface area contributed by atoms with Crippen LogP contribution in [-0.4, -0.2) is 17.0 Å². The van der Waals surface area contributed by atoms with Crippen molar-refractivity contribution in [3.05, 3.63) is 30.3 Å². The molecule has 1 spiro atoms. The molecule has 1 aromatic rings. The Kier molecular flexibility index (Phi) is 2.72. The lowest BCUT2D eigenvalue weighted by molar-refractivity contribution is -0.0827. The number of rotatable bonds is 2. The second-order valence-electron chi connectivity index (χ2n) is 5.00. The second-order valence-corrected chi connectivity index (χ2v) is 6.28. The molecular formula is C14H18OS. The standard InChI is InChI=1S/C14H18OS/c1-11-10-13(14(15-11)8-5-9-14)16-12-6-3-2-4-7-12/h2-4,6-7,11,13H,5,8-10H2,1H3/t11-,13-/m0/s1. The zero-order valence-corrected chi connectivity index (χ0v) is 10.5. The monoisotopic (exact) mass is 234 g/mol. The molecule has 1 aliphatic heterocycles. The molecule has 2 aliphatic rings. The van der Waals surface area contributed by atoms with Crippen LogP contribution >= 0.6 is 11.8 Å². The van der Waals surface area contributed by atoms with Crippen molar-refractivity contribution in [2.45, 2.75) is 54.5 Å². The molecule has 1 aliphatic carbocycles. The smallest absolute Gasteiger partial charge is 0.0808 e. The molecule has 0 N–H and O–H groups in total. The molecule has 0 radical (unpaired) electrons. The van der Waals surface area contributed by atoms with Crippen LogP contribution < -0.4 is 0 Å². The first-order valence-corrected chi connectivity index (χ1v) is 7.06. The van der Waals surface area contributed by atoms with Gasteiger partial charge in [-0.2, -0.15) is 0 Å². The Morgan fingerprint density at radius 3 is 2.62 bits per heavy atom. The minimum Gasteiger partial charge on any atom is -0.371 e. The van der Waals surface area contributed by atoms with E-state index in [1.54, 1.807) is 0 Å². The molecular weight excluding hydrogens is 216 g/mol. The van der Waals surface area contributed by atoms with Gasteiger partial charge in [-0.05, 0) is 44.7 Å². The molecule has 16 heavy (non-hydrogen) atoms. The second kappa shape index (κ2) is 4.08. The maximum absolute atomic E-state index is 6.15. The van der Waals surface area contributed by atoms with Crippen molar-refractivity contribution < 1.29 is 4.74 Å². The topological polar surface area (TPSA) is 9.23 Å². The van der Waals surface area contributed by atoms with E-state index in [1.165, 1.54) is 30.6 Å². The van der Waals surface area contributed by atoms with E-state index < -0.39 is 0 Å². The van der Waals surface area contributed by atoms with Crippen LogP contribution in [-0.2, 0) is 4.74 Å². The van der Waals surface area contributed by atoms with Gasteiger partial charge in [-0.1, -0.05) is 18.2 Å². The average Bonchev–Trinajstić information content (AvgIpc) is 2.56. The van der Waals surface area contributed by atoms with Crippen molar-refractivity contribution >= 4 is 11.8 Å². The Labute approximate surface area is 102 Å². The van der Waals surface area contributed by atoms with Crippen molar-refractivity contribution in [3.63, 3.8) is 0 Å².